The molecule has 1 aliphatic heterocycles. The molecule has 0 spiro atoms. The van der Waals surface area contributed by atoms with E-state index in [1.807, 2.05) is 18.2 Å². The van der Waals surface area contributed by atoms with Crippen LogP contribution in [0.3, 0.4) is 0 Å². The van der Waals surface area contributed by atoms with Crippen LogP contribution in [0.5, 0.6) is 0 Å². The fourth-order valence-electron chi connectivity index (χ4n) is 2.20. The lowest BCUT2D eigenvalue weighted by molar-refractivity contribution is 0.0982. The van der Waals surface area contributed by atoms with Gasteiger partial charge in [-0.05, 0) is 36.4 Å². The fourth-order valence-corrected chi connectivity index (χ4v) is 3.35. The van der Waals surface area contributed by atoms with Gasteiger partial charge in [0, 0.05) is 22.7 Å². The summed E-state index contributed by atoms with van der Waals surface area (Å²) in [7, 11) is 0. The van der Waals surface area contributed by atoms with Gasteiger partial charge in [-0.3, -0.25) is 9.78 Å². The van der Waals surface area contributed by atoms with Crippen LogP contribution in [0, 0.1) is 0 Å². The maximum Gasteiger partial charge on any atom is 0.276 e. The molecule has 20 heavy (non-hydrogen) atoms. The van der Waals surface area contributed by atoms with Crippen LogP contribution in [0.2, 0.25) is 5.02 Å². The van der Waals surface area contributed by atoms with E-state index in [-0.39, 0.29) is 5.91 Å². The van der Waals surface area contributed by atoms with Crippen molar-refractivity contribution < 1.29 is 4.79 Å². The smallest absolute Gasteiger partial charge is 0.276 e. The van der Waals surface area contributed by atoms with Gasteiger partial charge < -0.3 is 4.90 Å². The SMILES string of the molecule is O=C(c1cc(Cl)ccn1)N1CCCSc2ccccc21. The molecule has 2 heterocycles. The quantitative estimate of drug-likeness (QED) is 0.801. The molecule has 0 atom stereocenters. The molecule has 1 aromatic heterocycles. The summed E-state index contributed by atoms with van der Waals surface area (Å²) in [5, 5.41) is 0.529. The number of halogens is 1. The molecule has 0 unspecified atom stereocenters. The third-order valence-electron chi connectivity index (χ3n) is 3.13. The van der Waals surface area contributed by atoms with Gasteiger partial charge in [-0.2, -0.15) is 0 Å². The van der Waals surface area contributed by atoms with Crippen molar-refractivity contribution >= 4 is 35.0 Å². The van der Waals surface area contributed by atoms with E-state index < -0.39 is 0 Å². The van der Waals surface area contributed by atoms with Crippen LogP contribution >= 0.6 is 23.4 Å². The van der Waals surface area contributed by atoms with E-state index in [1.165, 1.54) is 0 Å². The highest BCUT2D eigenvalue weighted by Crippen LogP contribution is 2.34. The number of hydrogen-bond acceptors (Lipinski definition) is 3. The summed E-state index contributed by atoms with van der Waals surface area (Å²) in [6.45, 7) is 0.705. The second-order valence-corrected chi connectivity index (χ2v) is 6.06. The van der Waals surface area contributed by atoms with Gasteiger partial charge in [0.15, 0.2) is 0 Å². The fraction of sp³-hybridized carbons (Fsp3) is 0.200. The zero-order valence-electron chi connectivity index (χ0n) is 10.8. The van der Waals surface area contributed by atoms with Crippen molar-refractivity contribution in [1.82, 2.24) is 4.98 Å². The average Bonchev–Trinajstić information content (AvgIpc) is 2.69. The number of anilines is 1. The van der Waals surface area contributed by atoms with Crippen LogP contribution in [-0.4, -0.2) is 23.2 Å². The van der Waals surface area contributed by atoms with Crippen LogP contribution in [0.25, 0.3) is 0 Å². The second-order valence-electron chi connectivity index (χ2n) is 4.49. The number of hydrogen-bond donors (Lipinski definition) is 0. The van der Waals surface area contributed by atoms with Crippen molar-refractivity contribution in [2.75, 3.05) is 17.2 Å². The number of carbonyl (C=O) groups excluding carboxylic acids is 1. The highest BCUT2D eigenvalue weighted by Gasteiger charge is 2.23. The molecule has 0 radical (unpaired) electrons. The van der Waals surface area contributed by atoms with E-state index in [9.17, 15) is 4.79 Å². The summed E-state index contributed by atoms with van der Waals surface area (Å²) in [6, 6.07) is 11.3. The summed E-state index contributed by atoms with van der Waals surface area (Å²) < 4.78 is 0. The van der Waals surface area contributed by atoms with Gasteiger partial charge in [0.05, 0.1) is 5.69 Å². The van der Waals surface area contributed by atoms with Crippen LogP contribution in [0.15, 0.2) is 47.5 Å². The number of fused-ring (bicyclic) bond motifs is 1. The number of aromatic nitrogens is 1. The first-order valence-electron chi connectivity index (χ1n) is 6.41. The molecule has 0 N–H and O–H groups in total. The third kappa shape index (κ3) is 2.67. The van der Waals surface area contributed by atoms with Crippen molar-refractivity contribution in [2.45, 2.75) is 11.3 Å². The Bertz CT molecular complexity index is 647. The normalized spacial score (nSPS) is 14.6. The number of pyridine rings is 1. The maximum atomic E-state index is 12.7. The molecule has 3 nitrogen and oxygen atoms in total. The highest BCUT2D eigenvalue weighted by atomic mass is 35.5. The number of amides is 1. The minimum atomic E-state index is -0.0950. The molecule has 2 aromatic rings. The van der Waals surface area contributed by atoms with Crippen molar-refractivity contribution in [3.8, 4) is 0 Å². The predicted molar refractivity (Wildman–Crippen MR) is 82.7 cm³/mol. The van der Waals surface area contributed by atoms with E-state index in [2.05, 4.69) is 11.1 Å². The predicted octanol–water partition coefficient (Wildman–Crippen LogP) is 3.88. The minimum Gasteiger partial charge on any atom is -0.306 e. The first kappa shape index (κ1) is 13.5. The Morgan fingerprint density at radius 1 is 1.30 bits per heavy atom. The van der Waals surface area contributed by atoms with Gasteiger partial charge >= 0.3 is 0 Å². The summed E-state index contributed by atoms with van der Waals surface area (Å²) in [6.07, 6.45) is 2.53. The molecule has 1 aliphatic rings. The average molecular weight is 305 g/mol. The van der Waals surface area contributed by atoms with Gasteiger partial charge in [0.2, 0.25) is 0 Å². The van der Waals surface area contributed by atoms with Crippen molar-refractivity contribution in [3.05, 3.63) is 53.3 Å². The van der Waals surface area contributed by atoms with Crippen molar-refractivity contribution in [3.63, 3.8) is 0 Å². The van der Waals surface area contributed by atoms with Gasteiger partial charge in [-0.25, -0.2) is 0 Å². The number of benzene rings is 1. The van der Waals surface area contributed by atoms with Gasteiger partial charge in [-0.15, -0.1) is 11.8 Å². The van der Waals surface area contributed by atoms with Crippen LogP contribution in [0.4, 0.5) is 5.69 Å². The topological polar surface area (TPSA) is 33.2 Å². The largest absolute Gasteiger partial charge is 0.306 e. The highest BCUT2D eigenvalue weighted by molar-refractivity contribution is 7.99. The maximum absolute atomic E-state index is 12.7. The lowest BCUT2D eigenvalue weighted by Crippen LogP contribution is -2.32. The van der Waals surface area contributed by atoms with Gasteiger partial charge in [-0.1, -0.05) is 23.7 Å². The second kappa shape index (κ2) is 5.85. The van der Waals surface area contributed by atoms with Crippen LogP contribution < -0.4 is 4.90 Å². The molecule has 102 valence electrons. The van der Waals surface area contributed by atoms with Crippen LogP contribution in [0.1, 0.15) is 16.9 Å². The van der Waals surface area contributed by atoms with Crippen LogP contribution in [-0.2, 0) is 0 Å². The first-order valence-corrected chi connectivity index (χ1v) is 7.77. The molecular weight excluding hydrogens is 292 g/mol. The summed E-state index contributed by atoms with van der Waals surface area (Å²) in [4.78, 5) is 19.7. The number of thioether (sulfide) groups is 1. The molecule has 0 fully saturated rings. The van der Waals surface area contributed by atoms with Crippen molar-refractivity contribution in [2.24, 2.45) is 0 Å². The Morgan fingerprint density at radius 3 is 3.00 bits per heavy atom. The van der Waals surface area contributed by atoms with Crippen molar-refractivity contribution in [1.29, 1.82) is 0 Å². The zero-order chi connectivity index (χ0) is 13.9. The molecule has 3 rings (SSSR count). The Labute approximate surface area is 127 Å². The van der Waals surface area contributed by atoms with E-state index in [0.717, 1.165) is 22.8 Å². The monoisotopic (exact) mass is 304 g/mol. The number of carbonyl (C=O) groups is 1. The molecule has 0 aliphatic carbocycles. The molecule has 1 aromatic carbocycles. The molecule has 5 heteroatoms. The van der Waals surface area contributed by atoms with Gasteiger partial charge in [0.25, 0.3) is 5.91 Å². The summed E-state index contributed by atoms with van der Waals surface area (Å²) in [5.41, 5.74) is 1.35. The molecule has 1 amide bonds. The van der Waals surface area contributed by atoms with E-state index >= 15 is 0 Å². The Kier molecular flexibility index (Phi) is 3.94. The molecule has 0 bridgehead atoms. The number of para-hydroxylation sites is 1. The molecule has 0 saturated carbocycles. The third-order valence-corrected chi connectivity index (χ3v) is 4.51. The summed E-state index contributed by atoms with van der Waals surface area (Å²) in [5.74, 6) is 0.923. The molecular formula is C15H13ClN2OS. The Hall–Kier alpha value is -1.52. The summed E-state index contributed by atoms with van der Waals surface area (Å²) >= 11 is 7.73. The lowest BCUT2D eigenvalue weighted by atomic mass is 10.2. The number of rotatable bonds is 1. The Morgan fingerprint density at radius 2 is 2.15 bits per heavy atom. The van der Waals surface area contributed by atoms with E-state index in [1.54, 1.807) is 35.0 Å². The standard InChI is InChI=1S/C15H13ClN2OS/c16-11-6-7-17-12(10-11)15(19)18-8-3-9-20-14-5-2-1-4-13(14)18/h1-2,4-7,10H,3,8-9H2. The van der Waals surface area contributed by atoms with E-state index in [0.29, 0.717) is 17.3 Å². The van der Waals surface area contributed by atoms with E-state index in [4.69, 9.17) is 11.6 Å². The van der Waals surface area contributed by atoms with Gasteiger partial charge in [0.1, 0.15) is 5.69 Å². The molecule has 0 saturated heterocycles. The minimum absolute atomic E-state index is 0.0950. The zero-order valence-corrected chi connectivity index (χ0v) is 12.3. The first-order chi connectivity index (χ1) is 9.75. The lowest BCUT2D eigenvalue weighted by Gasteiger charge is -2.22. The number of nitrogens with zero attached hydrogens (tertiary/aromatic N) is 2. The Balaban J connectivity index is 1.99.